The van der Waals surface area contributed by atoms with E-state index in [1.165, 1.54) is 5.56 Å². The van der Waals surface area contributed by atoms with Crippen LogP contribution in [0, 0.1) is 6.92 Å². The quantitative estimate of drug-likeness (QED) is 0.650. The van der Waals surface area contributed by atoms with Crippen LogP contribution in [0.15, 0.2) is 65.3 Å². The van der Waals surface area contributed by atoms with E-state index in [-0.39, 0.29) is 5.91 Å². The molecule has 1 amide bonds. The zero-order valence-electron chi connectivity index (χ0n) is 14.6. The average molecular weight is 414 g/mol. The number of aryl methyl sites for hydroxylation is 1. The van der Waals surface area contributed by atoms with E-state index in [1.54, 1.807) is 23.9 Å². The second-order valence-corrected chi connectivity index (χ2v) is 6.98. The van der Waals surface area contributed by atoms with E-state index in [9.17, 15) is 4.79 Å². The summed E-state index contributed by atoms with van der Waals surface area (Å²) in [6, 6.07) is 17.4. The van der Waals surface area contributed by atoms with Crippen LogP contribution in [-0.4, -0.2) is 21.8 Å². The number of aromatic nitrogens is 2. The molecule has 134 valence electrons. The third-order valence-corrected chi connectivity index (χ3v) is 4.45. The Balaban J connectivity index is 1.63. The van der Waals surface area contributed by atoms with Crippen molar-refractivity contribution in [2.24, 2.45) is 0 Å². The average Bonchev–Trinajstić information content (AvgIpc) is 3.05. The molecule has 1 heterocycles. The standard InChI is InChI=1S/C20H20BrN3O2/c1-14-3-5-16(6-4-14)13-24-19(11-12-22-24)23-20(25)15(2)26-18-9-7-17(21)8-10-18/h3-12,15H,13H2,1-2H3,(H,23,25)/t15-/m1/s1. The maximum absolute atomic E-state index is 12.4. The Labute approximate surface area is 161 Å². The lowest BCUT2D eigenvalue weighted by molar-refractivity contribution is -0.122. The van der Waals surface area contributed by atoms with Gasteiger partial charge in [0.15, 0.2) is 6.10 Å². The first-order chi connectivity index (χ1) is 12.5. The largest absolute Gasteiger partial charge is 0.481 e. The van der Waals surface area contributed by atoms with Crippen LogP contribution in [0.4, 0.5) is 5.82 Å². The Morgan fingerprint density at radius 3 is 2.54 bits per heavy atom. The fourth-order valence-corrected chi connectivity index (χ4v) is 2.69. The van der Waals surface area contributed by atoms with Crippen molar-refractivity contribution in [2.45, 2.75) is 26.5 Å². The Kier molecular flexibility index (Phi) is 5.73. The SMILES string of the molecule is Cc1ccc(Cn2nccc2NC(=O)[C@@H](C)Oc2ccc(Br)cc2)cc1. The first kappa shape index (κ1) is 18.2. The molecule has 5 nitrogen and oxygen atoms in total. The summed E-state index contributed by atoms with van der Waals surface area (Å²) in [6.45, 7) is 4.36. The van der Waals surface area contributed by atoms with Crippen LogP contribution < -0.4 is 10.1 Å². The third-order valence-electron chi connectivity index (χ3n) is 3.92. The van der Waals surface area contributed by atoms with Crippen molar-refractivity contribution in [3.8, 4) is 5.75 Å². The summed E-state index contributed by atoms with van der Waals surface area (Å²) in [7, 11) is 0. The first-order valence-corrected chi connectivity index (χ1v) is 9.11. The van der Waals surface area contributed by atoms with Gasteiger partial charge in [-0.05, 0) is 43.7 Å². The van der Waals surface area contributed by atoms with Gasteiger partial charge >= 0.3 is 0 Å². The molecule has 0 saturated heterocycles. The van der Waals surface area contributed by atoms with Crippen LogP contribution in [-0.2, 0) is 11.3 Å². The number of hydrogen-bond acceptors (Lipinski definition) is 3. The van der Waals surface area contributed by atoms with Gasteiger partial charge in [0, 0.05) is 10.5 Å². The van der Waals surface area contributed by atoms with Gasteiger partial charge in [0.1, 0.15) is 11.6 Å². The highest BCUT2D eigenvalue weighted by atomic mass is 79.9. The lowest BCUT2D eigenvalue weighted by Crippen LogP contribution is -2.31. The molecule has 3 rings (SSSR count). The second-order valence-electron chi connectivity index (χ2n) is 6.06. The van der Waals surface area contributed by atoms with Crippen LogP contribution in [0.2, 0.25) is 0 Å². The minimum absolute atomic E-state index is 0.224. The maximum Gasteiger partial charge on any atom is 0.266 e. The van der Waals surface area contributed by atoms with Crippen LogP contribution in [0.25, 0.3) is 0 Å². The molecule has 0 saturated carbocycles. The fraction of sp³-hybridized carbons (Fsp3) is 0.200. The number of anilines is 1. The lowest BCUT2D eigenvalue weighted by atomic mass is 10.1. The Morgan fingerprint density at radius 1 is 1.15 bits per heavy atom. The number of nitrogens with zero attached hydrogens (tertiary/aromatic N) is 2. The maximum atomic E-state index is 12.4. The van der Waals surface area contributed by atoms with Crippen molar-refractivity contribution < 1.29 is 9.53 Å². The molecular formula is C20H20BrN3O2. The lowest BCUT2D eigenvalue weighted by Gasteiger charge is -2.15. The number of ether oxygens (including phenoxy) is 1. The number of halogens is 1. The van der Waals surface area contributed by atoms with Crippen molar-refractivity contribution >= 4 is 27.7 Å². The van der Waals surface area contributed by atoms with Gasteiger partial charge in [0.25, 0.3) is 5.91 Å². The van der Waals surface area contributed by atoms with E-state index in [2.05, 4.69) is 57.5 Å². The molecule has 0 radical (unpaired) electrons. The summed E-state index contributed by atoms with van der Waals surface area (Å²) in [6.07, 6.45) is 1.04. The molecule has 0 aliphatic heterocycles. The van der Waals surface area contributed by atoms with E-state index in [1.807, 2.05) is 24.3 Å². The van der Waals surface area contributed by atoms with Gasteiger partial charge in [-0.15, -0.1) is 0 Å². The van der Waals surface area contributed by atoms with Gasteiger partial charge in [-0.25, -0.2) is 4.68 Å². The number of amides is 1. The highest BCUT2D eigenvalue weighted by molar-refractivity contribution is 9.10. The minimum atomic E-state index is -0.626. The Morgan fingerprint density at radius 2 is 1.85 bits per heavy atom. The molecule has 1 atom stereocenters. The molecule has 26 heavy (non-hydrogen) atoms. The van der Waals surface area contributed by atoms with Crippen molar-refractivity contribution in [1.82, 2.24) is 9.78 Å². The summed E-state index contributed by atoms with van der Waals surface area (Å²) in [5.74, 6) is 1.06. The molecule has 1 aromatic heterocycles. The normalized spacial score (nSPS) is 11.8. The molecule has 1 N–H and O–H groups in total. The highest BCUT2D eigenvalue weighted by Gasteiger charge is 2.16. The van der Waals surface area contributed by atoms with Gasteiger partial charge in [-0.3, -0.25) is 4.79 Å². The smallest absolute Gasteiger partial charge is 0.266 e. The predicted molar refractivity (Wildman–Crippen MR) is 105 cm³/mol. The molecular weight excluding hydrogens is 394 g/mol. The Bertz CT molecular complexity index is 873. The van der Waals surface area contributed by atoms with E-state index < -0.39 is 6.10 Å². The van der Waals surface area contributed by atoms with Gasteiger partial charge in [0.05, 0.1) is 12.7 Å². The highest BCUT2D eigenvalue weighted by Crippen LogP contribution is 2.18. The van der Waals surface area contributed by atoms with Gasteiger partial charge in [-0.1, -0.05) is 45.8 Å². The number of carbonyl (C=O) groups is 1. The number of nitrogens with one attached hydrogen (secondary N) is 1. The van der Waals surface area contributed by atoms with Gasteiger partial charge in [0.2, 0.25) is 0 Å². The number of carbonyl (C=O) groups excluding carboxylic acids is 1. The van der Waals surface area contributed by atoms with Crippen molar-refractivity contribution in [1.29, 1.82) is 0 Å². The monoisotopic (exact) mass is 413 g/mol. The molecule has 0 spiro atoms. The summed E-state index contributed by atoms with van der Waals surface area (Å²) >= 11 is 3.37. The zero-order chi connectivity index (χ0) is 18.5. The van der Waals surface area contributed by atoms with E-state index >= 15 is 0 Å². The summed E-state index contributed by atoms with van der Waals surface area (Å²) < 4.78 is 8.41. The van der Waals surface area contributed by atoms with Crippen molar-refractivity contribution in [3.63, 3.8) is 0 Å². The summed E-state index contributed by atoms with van der Waals surface area (Å²) in [5, 5.41) is 7.18. The van der Waals surface area contributed by atoms with E-state index in [4.69, 9.17) is 4.74 Å². The van der Waals surface area contributed by atoms with Crippen LogP contribution in [0.1, 0.15) is 18.1 Å². The second kappa shape index (κ2) is 8.19. The van der Waals surface area contributed by atoms with Crippen LogP contribution in [0.5, 0.6) is 5.75 Å². The number of rotatable bonds is 6. The fourth-order valence-electron chi connectivity index (χ4n) is 2.43. The van der Waals surface area contributed by atoms with Crippen LogP contribution in [0.3, 0.4) is 0 Å². The van der Waals surface area contributed by atoms with Gasteiger partial charge < -0.3 is 10.1 Å². The first-order valence-electron chi connectivity index (χ1n) is 8.32. The zero-order valence-corrected chi connectivity index (χ0v) is 16.2. The molecule has 6 heteroatoms. The molecule has 0 fully saturated rings. The molecule has 3 aromatic rings. The van der Waals surface area contributed by atoms with Crippen molar-refractivity contribution in [2.75, 3.05) is 5.32 Å². The summed E-state index contributed by atoms with van der Waals surface area (Å²) in [5.41, 5.74) is 2.33. The summed E-state index contributed by atoms with van der Waals surface area (Å²) in [4.78, 5) is 12.4. The van der Waals surface area contributed by atoms with Crippen LogP contribution >= 0.6 is 15.9 Å². The predicted octanol–water partition coefficient (Wildman–Crippen LogP) is 4.41. The van der Waals surface area contributed by atoms with E-state index in [0.717, 1.165) is 10.0 Å². The number of benzene rings is 2. The molecule has 0 aliphatic carbocycles. The molecule has 0 bridgehead atoms. The topological polar surface area (TPSA) is 56.2 Å². The molecule has 0 aliphatic rings. The molecule has 2 aromatic carbocycles. The van der Waals surface area contributed by atoms with Crippen molar-refractivity contribution in [3.05, 3.63) is 76.4 Å². The molecule has 0 unspecified atom stereocenters. The minimum Gasteiger partial charge on any atom is -0.481 e. The Hall–Kier alpha value is -2.60. The number of hydrogen-bond donors (Lipinski definition) is 1. The van der Waals surface area contributed by atoms with E-state index in [0.29, 0.717) is 18.1 Å². The van der Waals surface area contributed by atoms with Gasteiger partial charge in [-0.2, -0.15) is 5.10 Å². The third kappa shape index (κ3) is 4.73.